The molecule has 0 saturated heterocycles. The number of aromatic hydroxyl groups is 1. The Labute approximate surface area is 179 Å². The zero-order chi connectivity index (χ0) is 22.8. The van der Waals surface area contributed by atoms with Crippen LogP contribution in [0.4, 0.5) is 0 Å². The van der Waals surface area contributed by atoms with Crippen molar-refractivity contribution >= 4 is 28.9 Å². The van der Waals surface area contributed by atoms with E-state index in [0.717, 1.165) is 12.5 Å². The summed E-state index contributed by atoms with van der Waals surface area (Å²) < 4.78 is 0. The highest BCUT2D eigenvalue weighted by atomic mass is 16.3. The van der Waals surface area contributed by atoms with Gasteiger partial charge in [-0.1, -0.05) is 19.9 Å². The van der Waals surface area contributed by atoms with Gasteiger partial charge in [-0.15, -0.1) is 0 Å². The first-order valence-electron chi connectivity index (χ1n) is 10.8. The molecule has 0 aliphatic heterocycles. The number of phenolic OH excluding ortho intramolecular Hbond substituents is 1. The van der Waals surface area contributed by atoms with Gasteiger partial charge in [0.15, 0.2) is 28.7 Å². The molecule has 2 N–H and O–H groups in total. The topological polar surface area (TPSA) is 126 Å². The molecule has 0 amide bonds. The molecular formula is C24H26O7. The molecule has 164 valence electrons. The summed E-state index contributed by atoms with van der Waals surface area (Å²) in [5.74, 6) is -8.43. The van der Waals surface area contributed by atoms with Crippen LogP contribution < -0.4 is 0 Å². The van der Waals surface area contributed by atoms with Crippen LogP contribution in [-0.2, 0) is 38.4 Å². The van der Waals surface area contributed by atoms with E-state index in [0.29, 0.717) is 30.4 Å². The molecule has 2 saturated carbocycles. The Morgan fingerprint density at radius 3 is 2.29 bits per heavy atom. The van der Waals surface area contributed by atoms with Crippen molar-refractivity contribution in [1.82, 2.24) is 0 Å². The molecule has 7 nitrogen and oxygen atoms in total. The van der Waals surface area contributed by atoms with Gasteiger partial charge in [-0.05, 0) is 55.2 Å². The Morgan fingerprint density at radius 2 is 1.71 bits per heavy atom. The number of fused-ring (bicyclic) bond motifs is 3. The van der Waals surface area contributed by atoms with Crippen LogP contribution in [0.25, 0.3) is 0 Å². The van der Waals surface area contributed by atoms with Crippen molar-refractivity contribution in [2.24, 2.45) is 23.7 Å². The Balaban J connectivity index is 1.84. The van der Waals surface area contributed by atoms with Gasteiger partial charge in [-0.3, -0.25) is 24.0 Å². The van der Waals surface area contributed by atoms with Gasteiger partial charge in [-0.2, -0.15) is 0 Å². The third kappa shape index (κ3) is 2.79. The van der Waals surface area contributed by atoms with E-state index < -0.39 is 58.2 Å². The van der Waals surface area contributed by atoms with E-state index in [2.05, 4.69) is 0 Å². The SMILES string of the molecule is CCc1cc(CC)c2c(c1O)C(=O)C1C(=O)C3(O)C(=O)C(C(C)=O)C(=O)CC3CC1C2. The van der Waals surface area contributed by atoms with Crippen molar-refractivity contribution in [2.45, 2.75) is 58.5 Å². The number of phenols is 1. The first-order chi connectivity index (χ1) is 14.6. The van der Waals surface area contributed by atoms with Crippen LogP contribution in [0.2, 0.25) is 0 Å². The average Bonchev–Trinajstić information content (AvgIpc) is 2.70. The summed E-state index contributed by atoms with van der Waals surface area (Å²) in [6, 6.07) is 1.88. The highest BCUT2D eigenvalue weighted by Gasteiger charge is 2.65. The van der Waals surface area contributed by atoms with Gasteiger partial charge in [0.25, 0.3) is 0 Å². The highest BCUT2D eigenvalue weighted by Crippen LogP contribution is 2.50. The van der Waals surface area contributed by atoms with Gasteiger partial charge in [-0.25, -0.2) is 0 Å². The predicted octanol–water partition coefficient (Wildman–Crippen LogP) is 1.56. The monoisotopic (exact) mass is 426 g/mol. The molecule has 0 bridgehead atoms. The van der Waals surface area contributed by atoms with E-state index in [4.69, 9.17) is 0 Å². The zero-order valence-corrected chi connectivity index (χ0v) is 17.9. The van der Waals surface area contributed by atoms with Crippen LogP contribution in [0.3, 0.4) is 0 Å². The van der Waals surface area contributed by atoms with Crippen molar-refractivity contribution in [3.63, 3.8) is 0 Å². The molecule has 4 rings (SSSR count). The lowest BCUT2D eigenvalue weighted by molar-refractivity contribution is -0.175. The second-order valence-electron chi connectivity index (χ2n) is 9.05. The minimum absolute atomic E-state index is 0.107. The third-order valence-electron chi connectivity index (χ3n) is 7.46. The molecule has 0 spiro atoms. The van der Waals surface area contributed by atoms with Crippen molar-refractivity contribution in [3.8, 4) is 5.75 Å². The Bertz CT molecular complexity index is 1050. The number of rotatable bonds is 3. The molecule has 0 radical (unpaired) electrons. The summed E-state index contributed by atoms with van der Waals surface area (Å²) in [6.45, 7) is 4.89. The van der Waals surface area contributed by atoms with Crippen molar-refractivity contribution in [3.05, 3.63) is 28.3 Å². The smallest absolute Gasteiger partial charge is 0.190 e. The summed E-state index contributed by atoms with van der Waals surface area (Å²) in [4.78, 5) is 64.2. The maximum Gasteiger partial charge on any atom is 0.190 e. The summed E-state index contributed by atoms with van der Waals surface area (Å²) >= 11 is 0. The molecule has 0 aromatic heterocycles. The maximum atomic E-state index is 13.5. The minimum Gasteiger partial charge on any atom is -0.507 e. The van der Waals surface area contributed by atoms with Gasteiger partial charge in [0, 0.05) is 12.3 Å². The van der Waals surface area contributed by atoms with Gasteiger partial charge < -0.3 is 10.2 Å². The summed E-state index contributed by atoms with van der Waals surface area (Å²) in [5.41, 5.74) is -0.174. The number of hydrogen-bond donors (Lipinski definition) is 2. The summed E-state index contributed by atoms with van der Waals surface area (Å²) in [7, 11) is 0. The lowest BCUT2D eigenvalue weighted by Crippen LogP contribution is -2.67. The second-order valence-corrected chi connectivity index (χ2v) is 9.05. The van der Waals surface area contributed by atoms with Crippen LogP contribution in [0, 0.1) is 23.7 Å². The summed E-state index contributed by atoms with van der Waals surface area (Å²) in [5, 5.41) is 22.0. The van der Waals surface area contributed by atoms with E-state index in [9.17, 15) is 34.2 Å². The molecule has 1 aromatic carbocycles. The molecule has 7 heteroatoms. The lowest BCUT2D eigenvalue weighted by atomic mass is 9.53. The van der Waals surface area contributed by atoms with Crippen LogP contribution in [0.1, 0.15) is 60.7 Å². The van der Waals surface area contributed by atoms with Crippen molar-refractivity contribution in [2.75, 3.05) is 0 Å². The van der Waals surface area contributed by atoms with E-state index in [1.807, 2.05) is 19.9 Å². The fourth-order valence-electron chi connectivity index (χ4n) is 5.88. The van der Waals surface area contributed by atoms with E-state index in [-0.39, 0.29) is 24.2 Å². The zero-order valence-electron chi connectivity index (χ0n) is 17.9. The van der Waals surface area contributed by atoms with Crippen LogP contribution in [0.5, 0.6) is 5.75 Å². The number of hydrogen-bond acceptors (Lipinski definition) is 7. The van der Waals surface area contributed by atoms with Crippen LogP contribution in [-0.4, -0.2) is 44.7 Å². The molecule has 31 heavy (non-hydrogen) atoms. The molecule has 2 fully saturated rings. The lowest BCUT2D eigenvalue weighted by Gasteiger charge is -2.48. The summed E-state index contributed by atoms with van der Waals surface area (Å²) in [6.07, 6.45) is 1.42. The number of carbonyl (C=O) groups is 5. The largest absolute Gasteiger partial charge is 0.507 e. The average molecular weight is 426 g/mol. The first-order valence-corrected chi connectivity index (χ1v) is 10.8. The van der Waals surface area contributed by atoms with Crippen molar-refractivity contribution in [1.29, 1.82) is 0 Å². The highest BCUT2D eigenvalue weighted by molar-refractivity contribution is 6.31. The van der Waals surface area contributed by atoms with Crippen molar-refractivity contribution < 1.29 is 34.2 Å². The Kier molecular flexibility index (Phi) is 5.00. The molecule has 5 unspecified atom stereocenters. The number of Topliss-reactive ketones (excluding diaryl/α,β-unsaturated/α-hetero) is 5. The van der Waals surface area contributed by atoms with E-state index in [1.165, 1.54) is 0 Å². The maximum absolute atomic E-state index is 13.5. The number of aryl methyl sites for hydroxylation is 2. The normalized spacial score (nSPS) is 32.4. The number of carbonyl (C=O) groups excluding carboxylic acids is 5. The molecule has 1 aromatic rings. The first kappa shape index (κ1) is 21.6. The van der Waals surface area contributed by atoms with Crippen LogP contribution >= 0.6 is 0 Å². The fraction of sp³-hybridized carbons (Fsp3) is 0.542. The van der Waals surface area contributed by atoms with Gasteiger partial charge in [0.2, 0.25) is 0 Å². The van der Waals surface area contributed by atoms with Crippen LogP contribution in [0.15, 0.2) is 6.07 Å². The standard InChI is InChI=1S/C24H26O7/c1-4-11-6-12(5-2)20(27)19-15(11)8-13-7-14-9-16(26)17(10(3)25)22(29)24(14,31)23(30)18(13)21(19)28/h6,13-14,17-18,27,31H,4-5,7-9H2,1-3H3. The fourth-order valence-corrected chi connectivity index (χ4v) is 5.88. The molecular weight excluding hydrogens is 400 g/mol. The number of ketones is 5. The quantitative estimate of drug-likeness (QED) is 0.703. The minimum atomic E-state index is -2.52. The van der Waals surface area contributed by atoms with E-state index >= 15 is 0 Å². The predicted molar refractivity (Wildman–Crippen MR) is 109 cm³/mol. The molecule has 3 aliphatic rings. The molecule has 0 heterocycles. The van der Waals surface area contributed by atoms with E-state index in [1.54, 1.807) is 0 Å². The number of aliphatic hydroxyl groups is 1. The van der Waals surface area contributed by atoms with Gasteiger partial charge >= 0.3 is 0 Å². The third-order valence-corrected chi connectivity index (χ3v) is 7.46. The Morgan fingerprint density at radius 1 is 1.06 bits per heavy atom. The van der Waals surface area contributed by atoms with Gasteiger partial charge in [0.1, 0.15) is 17.5 Å². The second kappa shape index (κ2) is 7.19. The Hall–Kier alpha value is -2.67. The number of benzene rings is 1. The molecule has 5 atom stereocenters. The van der Waals surface area contributed by atoms with Gasteiger partial charge in [0.05, 0.1) is 11.5 Å². The molecule has 3 aliphatic carbocycles.